The summed E-state index contributed by atoms with van der Waals surface area (Å²) >= 11 is 12.4. The first kappa shape index (κ1) is 23.2. The van der Waals surface area contributed by atoms with Crippen molar-refractivity contribution in [3.63, 3.8) is 0 Å². The van der Waals surface area contributed by atoms with Gasteiger partial charge in [0, 0.05) is 17.8 Å². The summed E-state index contributed by atoms with van der Waals surface area (Å²) in [7, 11) is -3.32. The van der Waals surface area contributed by atoms with E-state index in [0.29, 0.717) is 10.0 Å². The predicted molar refractivity (Wildman–Crippen MR) is 125 cm³/mol. The summed E-state index contributed by atoms with van der Waals surface area (Å²) in [6.07, 6.45) is 4.71. The number of halogens is 2. The van der Waals surface area contributed by atoms with Crippen LogP contribution in [0.3, 0.4) is 0 Å². The lowest BCUT2D eigenvalue weighted by Crippen LogP contribution is -2.46. The Hall–Kier alpha value is -1.42. The molecule has 0 saturated heterocycles. The maximum atomic E-state index is 14.0. The second kappa shape index (κ2) is 8.98. The minimum absolute atomic E-state index is 0.0322. The number of aliphatic hydroxyl groups excluding tert-OH is 1. The van der Waals surface area contributed by atoms with Gasteiger partial charge in [-0.15, -0.1) is 0 Å². The quantitative estimate of drug-likeness (QED) is 0.453. The molecule has 160 valence electrons. The average molecular weight is 466 g/mol. The summed E-state index contributed by atoms with van der Waals surface area (Å²) in [5.41, 5.74) is -0.182. The minimum atomic E-state index is -3.32. The summed E-state index contributed by atoms with van der Waals surface area (Å²) in [6.45, 7) is 5.55. The summed E-state index contributed by atoms with van der Waals surface area (Å²) in [6, 6.07) is 14.9. The van der Waals surface area contributed by atoms with Crippen LogP contribution in [0.2, 0.25) is 10.0 Å². The molecule has 7 heteroatoms. The van der Waals surface area contributed by atoms with E-state index in [4.69, 9.17) is 27.7 Å². The molecule has 2 aromatic carbocycles. The van der Waals surface area contributed by atoms with Crippen LogP contribution in [0.4, 0.5) is 0 Å². The Morgan fingerprint density at radius 1 is 1.17 bits per heavy atom. The summed E-state index contributed by atoms with van der Waals surface area (Å²) in [5, 5.41) is 11.0. The molecule has 4 nitrogen and oxygen atoms in total. The molecule has 0 radical (unpaired) electrons. The molecule has 3 rings (SSSR count). The first-order valence-corrected chi connectivity index (χ1v) is 12.5. The third kappa shape index (κ3) is 4.90. The molecule has 0 aliphatic carbocycles. The topological polar surface area (TPSA) is 58.9 Å². The summed E-state index contributed by atoms with van der Waals surface area (Å²) in [5.74, 6) is 0. The highest BCUT2D eigenvalue weighted by Gasteiger charge is 2.50. The fourth-order valence-electron chi connectivity index (χ4n) is 3.65. The molecule has 1 heterocycles. The Labute approximate surface area is 188 Å². The molecule has 1 aliphatic heterocycles. The molecular formula is C23H26Cl2NO3P. The number of hydrogen-bond donors (Lipinski definition) is 1. The highest BCUT2D eigenvalue weighted by atomic mass is 35.5. The van der Waals surface area contributed by atoms with E-state index in [0.717, 1.165) is 11.1 Å². The molecule has 0 fully saturated rings. The summed E-state index contributed by atoms with van der Waals surface area (Å²) < 4.78 is 20.4. The number of aliphatic hydroxyl groups is 1. The van der Waals surface area contributed by atoms with E-state index >= 15 is 0 Å². The lowest BCUT2D eigenvalue weighted by molar-refractivity contribution is 0.0582. The van der Waals surface area contributed by atoms with Crippen molar-refractivity contribution in [2.75, 3.05) is 6.16 Å². The van der Waals surface area contributed by atoms with Crippen molar-refractivity contribution in [2.24, 2.45) is 4.99 Å². The van der Waals surface area contributed by atoms with Crippen LogP contribution >= 0.6 is 30.6 Å². The lowest BCUT2D eigenvalue weighted by atomic mass is 9.75. The monoisotopic (exact) mass is 465 g/mol. The summed E-state index contributed by atoms with van der Waals surface area (Å²) in [4.78, 5) is 4.61. The Balaban J connectivity index is 2.02. The second-order valence-electron chi connectivity index (χ2n) is 8.17. The highest BCUT2D eigenvalue weighted by Crippen LogP contribution is 2.58. The first-order chi connectivity index (χ1) is 14.1. The van der Waals surface area contributed by atoms with Gasteiger partial charge in [-0.25, -0.2) is 0 Å². The molecule has 2 aromatic rings. The Bertz CT molecular complexity index is 991. The van der Waals surface area contributed by atoms with E-state index in [9.17, 15) is 9.67 Å². The first-order valence-electron chi connectivity index (χ1n) is 9.76. The van der Waals surface area contributed by atoms with Gasteiger partial charge < -0.3 is 5.11 Å². The molecule has 0 amide bonds. The van der Waals surface area contributed by atoms with Gasteiger partial charge in [-0.3, -0.25) is 14.1 Å². The molecule has 3 unspecified atom stereocenters. The zero-order valence-electron chi connectivity index (χ0n) is 17.3. The third-order valence-electron chi connectivity index (χ3n) is 5.33. The average Bonchev–Trinajstić information content (AvgIpc) is 3.13. The lowest BCUT2D eigenvalue weighted by Gasteiger charge is -2.42. The predicted octanol–water partition coefficient (Wildman–Crippen LogP) is 6.48. The zero-order chi connectivity index (χ0) is 22.0. The standard InChI is InChI=1S/C23H26Cl2NO3P/c1-17(27)15-30(28,16-18-8-5-4-6-9-18)29-23(12-7-13-26-23)22(2,3)19-10-11-20(24)21(25)14-19/h4-14,17,27H,15-16H2,1-3H3. The Morgan fingerprint density at radius 2 is 1.87 bits per heavy atom. The SMILES string of the molecule is CC(O)CP(=O)(Cc1ccccc1)OC1(C(C)(C)c2ccc(Cl)c(Cl)c2)C=CC=N1. The van der Waals surface area contributed by atoms with Crippen LogP contribution in [0, 0.1) is 0 Å². The van der Waals surface area contributed by atoms with Crippen LogP contribution in [0.1, 0.15) is 31.9 Å². The molecular weight excluding hydrogens is 440 g/mol. The van der Waals surface area contributed by atoms with E-state index in [-0.39, 0.29) is 12.3 Å². The largest absolute Gasteiger partial charge is 0.393 e. The van der Waals surface area contributed by atoms with Crippen LogP contribution in [0.5, 0.6) is 0 Å². The second-order valence-corrected chi connectivity index (χ2v) is 11.5. The van der Waals surface area contributed by atoms with Gasteiger partial charge in [0.05, 0.1) is 22.3 Å². The highest BCUT2D eigenvalue weighted by molar-refractivity contribution is 7.58. The number of aliphatic imine (C=N–C) groups is 1. The molecule has 0 saturated carbocycles. The normalized spacial score (nSPS) is 21.5. The van der Waals surface area contributed by atoms with E-state index in [2.05, 4.69) is 4.99 Å². The van der Waals surface area contributed by atoms with Gasteiger partial charge in [-0.2, -0.15) is 0 Å². The zero-order valence-corrected chi connectivity index (χ0v) is 19.7. The minimum Gasteiger partial charge on any atom is -0.393 e. The number of nitrogens with zero attached hydrogens (tertiary/aromatic N) is 1. The van der Waals surface area contributed by atoms with E-state index in [1.807, 2.05) is 56.3 Å². The van der Waals surface area contributed by atoms with Crippen molar-refractivity contribution in [1.82, 2.24) is 0 Å². The fourth-order valence-corrected chi connectivity index (χ4v) is 6.63. The number of rotatable bonds is 8. The van der Waals surface area contributed by atoms with Crippen LogP contribution in [-0.2, 0) is 20.7 Å². The third-order valence-corrected chi connectivity index (χ3v) is 8.61. The molecule has 0 aromatic heterocycles. The number of benzene rings is 2. The van der Waals surface area contributed by atoms with Crippen molar-refractivity contribution < 1.29 is 14.2 Å². The van der Waals surface area contributed by atoms with E-state index < -0.39 is 24.6 Å². The maximum absolute atomic E-state index is 14.0. The van der Waals surface area contributed by atoms with Gasteiger partial charge in [0.15, 0.2) is 5.72 Å². The van der Waals surface area contributed by atoms with Gasteiger partial charge in [0.2, 0.25) is 7.37 Å². The van der Waals surface area contributed by atoms with Crippen LogP contribution in [0.25, 0.3) is 0 Å². The van der Waals surface area contributed by atoms with Gasteiger partial charge >= 0.3 is 0 Å². The molecule has 0 bridgehead atoms. The van der Waals surface area contributed by atoms with Crippen molar-refractivity contribution >= 4 is 36.8 Å². The van der Waals surface area contributed by atoms with Gasteiger partial charge in [0.1, 0.15) is 0 Å². The smallest absolute Gasteiger partial charge is 0.212 e. The Kier molecular flexibility index (Phi) is 6.96. The number of allylic oxidation sites excluding steroid dienone is 1. The van der Waals surface area contributed by atoms with Crippen molar-refractivity contribution in [3.05, 3.63) is 81.9 Å². The molecule has 30 heavy (non-hydrogen) atoms. The maximum Gasteiger partial charge on any atom is 0.212 e. The molecule has 1 aliphatic rings. The van der Waals surface area contributed by atoms with Gasteiger partial charge in [-0.05, 0) is 42.3 Å². The van der Waals surface area contributed by atoms with E-state index in [1.165, 1.54) is 0 Å². The molecule has 1 N–H and O–H groups in total. The van der Waals surface area contributed by atoms with Crippen LogP contribution < -0.4 is 0 Å². The fraction of sp³-hybridized carbons (Fsp3) is 0.348. The van der Waals surface area contributed by atoms with Gasteiger partial charge in [0.25, 0.3) is 0 Å². The van der Waals surface area contributed by atoms with Crippen molar-refractivity contribution in [1.29, 1.82) is 0 Å². The number of hydrogen-bond acceptors (Lipinski definition) is 4. The van der Waals surface area contributed by atoms with Crippen molar-refractivity contribution in [2.45, 2.75) is 44.2 Å². The van der Waals surface area contributed by atoms with Crippen LogP contribution in [-0.4, -0.2) is 29.3 Å². The Morgan fingerprint density at radius 3 is 2.43 bits per heavy atom. The van der Waals surface area contributed by atoms with E-state index in [1.54, 1.807) is 31.3 Å². The molecule has 3 atom stereocenters. The van der Waals surface area contributed by atoms with Gasteiger partial charge in [-0.1, -0.05) is 73.4 Å². The molecule has 0 spiro atoms. The van der Waals surface area contributed by atoms with Crippen LogP contribution in [0.15, 0.2) is 65.7 Å². The van der Waals surface area contributed by atoms with Crippen molar-refractivity contribution in [3.8, 4) is 0 Å².